The fraction of sp³-hybridized carbons (Fsp3) is 0.959. The molecule has 498 valence electrons. The van der Waals surface area contributed by atoms with Crippen molar-refractivity contribution in [2.45, 2.75) is 311 Å². The minimum absolute atomic E-state index is 0.0123. The van der Waals surface area contributed by atoms with E-state index < -0.39 is 0 Å². The second-order valence-electron chi connectivity index (χ2n) is 29.9. The summed E-state index contributed by atoms with van der Waals surface area (Å²) in [5, 5.41) is 0. The zero-order valence-corrected chi connectivity index (χ0v) is 59.8. The molecule has 0 saturated carbocycles. The summed E-state index contributed by atoms with van der Waals surface area (Å²) in [5.74, 6) is 4.36. The quantitative estimate of drug-likeness (QED) is 0.0463. The Bertz CT molecular complexity index is 1670. The zero-order chi connectivity index (χ0) is 63.6. The number of carbonyl (C=O) groups excluding carboxylic acids is 3. The normalized spacial score (nSPS) is 20.4. The Kier molecular flexibility index (Phi) is 42.6. The standard InChI is InChI=1S/C73H145N5O6/c1-23-29-31-54(10)40-57(13)46-69(45-56(12)39-53(9)25-3)73(81)82-37-32-63(19)78(66(22)67(27-5)51-83-72(80)68(30-24-2)44-55(11)38-52(7)8)70(28-6)50-76(49-60(16)43-65(21)84-71(79)61(17)26-4)48-59(15)42-64(20)77-35-33-75(34-36-77)47-58(14)41-62(18)74/h52-70H,23-51,74H2,1-22H3. The molecule has 0 radical (unpaired) electrons. The van der Waals surface area contributed by atoms with Gasteiger partial charge in [-0.1, -0.05) is 150 Å². The van der Waals surface area contributed by atoms with Crippen molar-refractivity contribution in [3.8, 4) is 0 Å². The van der Waals surface area contributed by atoms with Crippen LogP contribution in [0.2, 0.25) is 0 Å². The molecule has 0 bridgehead atoms. The number of esters is 3. The number of hydrogen-bond acceptors (Lipinski definition) is 11. The third kappa shape index (κ3) is 33.7. The molecule has 1 fully saturated rings. The van der Waals surface area contributed by atoms with Crippen molar-refractivity contribution in [3.05, 3.63) is 0 Å². The van der Waals surface area contributed by atoms with Crippen LogP contribution in [0.1, 0.15) is 274 Å². The average Bonchev–Trinajstić information content (AvgIpc) is 3.63. The predicted molar refractivity (Wildman–Crippen MR) is 359 cm³/mol. The van der Waals surface area contributed by atoms with Crippen LogP contribution in [0, 0.1) is 76.9 Å². The first-order valence-electron chi connectivity index (χ1n) is 35.9. The second kappa shape index (κ2) is 44.6. The average molecular weight is 1190 g/mol. The molecule has 0 spiro atoms. The molecule has 0 aromatic carbocycles. The van der Waals surface area contributed by atoms with Gasteiger partial charge in [0.05, 0.1) is 37.1 Å². The number of nitrogens with two attached hydrogens (primary N) is 1. The largest absolute Gasteiger partial charge is 0.465 e. The number of rotatable bonds is 49. The van der Waals surface area contributed by atoms with Crippen LogP contribution >= 0.6 is 0 Å². The number of nitrogens with zero attached hydrogens (tertiary/aromatic N) is 4. The molecule has 0 aromatic rings. The van der Waals surface area contributed by atoms with E-state index in [1.54, 1.807) is 0 Å². The summed E-state index contributed by atoms with van der Waals surface area (Å²) >= 11 is 0. The Morgan fingerprint density at radius 3 is 1.61 bits per heavy atom. The van der Waals surface area contributed by atoms with E-state index >= 15 is 0 Å². The van der Waals surface area contributed by atoms with Crippen molar-refractivity contribution in [2.24, 2.45) is 82.7 Å². The topological polar surface area (TPSA) is 118 Å². The van der Waals surface area contributed by atoms with Gasteiger partial charge in [-0.15, -0.1) is 0 Å². The van der Waals surface area contributed by atoms with Gasteiger partial charge in [-0.05, 0) is 178 Å². The third-order valence-electron chi connectivity index (χ3n) is 19.7. The molecule has 1 rings (SSSR count). The van der Waals surface area contributed by atoms with Gasteiger partial charge in [0.25, 0.3) is 0 Å². The van der Waals surface area contributed by atoms with Gasteiger partial charge in [-0.25, -0.2) is 0 Å². The Balaban J connectivity index is 3.71. The summed E-state index contributed by atoms with van der Waals surface area (Å²) in [6.07, 6.45) is 19.0. The van der Waals surface area contributed by atoms with Gasteiger partial charge in [0, 0.05) is 88.5 Å². The Hall–Kier alpha value is -1.79. The maximum atomic E-state index is 14.5. The van der Waals surface area contributed by atoms with E-state index in [1.165, 1.54) is 19.3 Å². The fourth-order valence-electron chi connectivity index (χ4n) is 14.9. The second-order valence-corrected chi connectivity index (χ2v) is 29.9. The Morgan fingerprint density at radius 1 is 0.500 bits per heavy atom. The number of unbranched alkanes of at least 4 members (excludes halogenated alkanes) is 1. The first-order chi connectivity index (χ1) is 39.6. The van der Waals surface area contributed by atoms with Gasteiger partial charge in [0.15, 0.2) is 0 Å². The van der Waals surface area contributed by atoms with Crippen molar-refractivity contribution in [1.82, 2.24) is 19.6 Å². The van der Waals surface area contributed by atoms with Crippen LogP contribution in [0.4, 0.5) is 0 Å². The first-order valence-corrected chi connectivity index (χ1v) is 35.9. The summed E-state index contributed by atoms with van der Waals surface area (Å²) in [4.78, 5) is 52.5. The molecule has 18 unspecified atom stereocenters. The molecule has 0 aromatic heterocycles. The van der Waals surface area contributed by atoms with E-state index in [0.717, 1.165) is 155 Å². The monoisotopic (exact) mass is 1190 g/mol. The predicted octanol–water partition coefficient (Wildman–Crippen LogP) is 16.9. The summed E-state index contributed by atoms with van der Waals surface area (Å²) in [6.45, 7) is 59.2. The van der Waals surface area contributed by atoms with Gasteiger partial charge in [0.2, 0.25) is 0 Å². The van der Waals surface area contributed by atoms with E-state index in [9.17, 15) is 14.4 Å². The van der Waals surface area contributed by atoms with Crippen molar-refractivity contribution >= 4 is 17.9 Å². The number of ether oxygens (including phenoxy) is 3. The molecular formula is C73H145N5O6. The van der Waals surface area contributed by atoms with Crippen molar-refractivity contribution in [3.63, 3.8) is 0 Å². The molecule has 11 heteroatoms. The number of hydrogen-bond donors (Lipinski definition) is 1. The van der Waals surface area contributed by atoms with Crippen LogP contribution in [0.5, 0.6) is 0 Å². The molecule has 1 aliphatic rings. The minimum atomic E-state index is -0.161. The van der Waals surface area contributed by atoms with E-state index in [-0.39, 0.29) is 71.9 Å². The highest BCUT2D eigenvalue weighted by Gasteiger charge is 2.36. The lowest BCUT2D eigenvalue weighted by molar-refractivity contribution is -0.154. The summed E-state index contributed by atoms with van der Waals surface area (Å²) in [7, 11) is 0. The highest BCUT2D eigenvalue weighted by Crippen LogP contribution is 2.32. The molecular weight excluding hydrogens is 1040 g/mol. The Morgan fingerprint density at radius 2 is 1.07 bits per heavy atom. The first kappa shape index (κ1) is 80.2. The summed E-state index contributed by atoms with van der Waals surface area (Å²) < 4.78 is 19.0. The van der Waals surface area contributed by atoms with Crippen LogP contribution in [-0.4, -0.2) is 139 Å². The lowest BCUT2D eigenvalue weighted by atomic mass is 9.81. The molecule has 11 nitrogen and oxygen atoms in total. The highest BCUT2D eigenvalue weighted by atomic mass is 16.5. The third-order valence-corrected chi connectivity index (χ3v) is 19.7. The minimum Gasteiger partial charge on any atom is -0.465 e. The molecule has 0 amide bonds. The fourth-order valence-corrected chi connectivity index (χ4v) is 14.9. The SMILES string of the molecule is CCCCC(C)CC(C)CC(CC(C)CC(C)CC)C(=O)OCCC(C)N(C(CC)CN(CC(C)CC(C)OC(=O)C(C)CC)CC(C)CC(C)N1CCN(CC(C)CC(C)N)CC1)C(C)C(CC)COC(=O)C(CCC)CC(C)CC(C)C. The van der Waals surface area contributed by atoms with E-state index in [0.29, 0.717) is 72.5 Å². The van der Waals surface area contributed by atoms with Crippen LogP contribution in [0.25, 0.3) is 0 Å². The van der Waals surface area contributed by atoms with Gasteiger partial charge in [-0.3, -0.25) is 24.2 Å². The number of piperazine rings is 1. The highest BCUT2D eigenvalue weighted by molar-refractivity contribution is 5.73. The number of carbonyl (C=O) groups is 3. The van der Waals surface area contributed by atoms with Crippen molar-refractivity contribution in [2.75, 3.05) is 65.6 Å². The van der Waals surface area contributed by atoms with Crippen LogP contribution in [0.3, 0.4) is 0 Å². The zero-order valence-electron chi connectivity index (χ0n) is 59.8. The van der Waals surface area contributed by atoms with Crippen molar-refractivity contribution < 1.29 is 28.6 Å². The van der Waals surface area contributed by atoms with Gasteiger partial charge >= 0.3 is 17.9 Å². The van der Waals surface area contributed by atoms with Crippen LogP contribution in [0.15, 0.2) is 0 Å². The molecule has 1 aliphatic heterocycles. The molecule has 0 aliphatic carbocycles. The molecule has 2 N–H and O–H groups in total. The van der Waals surface area contributed by atoms with Gasteiger partial charge in [-0.2, -0.15) is 0 Å². The summed E-state index contributed by atoms with van der Waals surface area (Å²) in [5.41, 5.74) is 6.18. The molecule has 1 heterocycles. The van der Waals surface area contributed by atoms with Crippen LogP contribution in [-0.2, 0) is 28.6 Å². The van der Waals surface area contributed by atoms with Gasteiger partial charge < -0.3 is 29.7 Å². The lowest BCUT2D eigenvalue weighted by Crippen LogP contribution is -2.55. The summed E-state index contributed by atoms with van der Waals surface area (Å²) in [6, 6.07) is 1.12. The lowest BCUT2D eigenvalue weighted by Gasteiger charge is -2.46. The van der Waals surface area contributed by atoms with Crippen molar-refractivity contribution in [1.29, 1.82) is 0 Å². The van der Waals surface area contributed by atoms with E-state index in [2.05, 4.69) is 158 Å². The molecule has 18 atom stereocenters. The maximum absolute atomic E-state index is 14.5. The van der Waals surface area contributed by atoms with Crippen LogP contribution < -0.4 is 5.73 Å². The smallest absolute Gasteiger partial charge is 0.308 e. The molecule has 84 heavy (non-hydrogen) atoms. The Labute approximate surface area is 522 Å². The van der Waals surface area contributed by atoms with Gasteiger partial charge in [0.1, 0.15) is 0 Å². The van der Waals surface area contributed by atoms with E-state index in [1.807, 2.05) is 13.8 Å². The maximum Gasteiger partial charge on any atom is 0.308 e. The molecule has 1 saturated heterocycles. The van der Waals surface area contributed by atoms with E-state index in [4.69, 9.17) is 19.9 Å².